The molecule has 0 aliphatic rings. The first kappa shape index (κ1) is 19.2. The predicted molar refractivity (Wildman–Crippen MR) is 89.4 cm³/mol. The van der Waals surface area contributed by atoms with Crippen molar-refractivity contribution in [2.75, 3.05) is 0 Å². The maximum atomic E-state index is 10.7. The van der Waals surface area contributed by atoms with Gasteiger partial charge in [0.05, 0.1) is 0 Å². The average molecular weight is 388 g/mol. The molecule has 8 nitrogen and oxygen atoms in total. The summed E-state index contributed by atoms with van der Waals surface area (Å²) in [6.45, 7) is 3.81. The monoisotopic (exact) mass is 388 g/mol. The third-order valence-electron chi connectivity index (χ3n) is 3.56. The van der Waals surface area contributed by atoms with Gasteiger partial charge in [-0.1, -0.05) is 38.1 Å². The number of hydrogen-bond donors (Lipinski definition) is 2. The van der Waals surface area contributed by atoms with E-state index in [9.17, 15) is 16.8 Å². The minimum absolute atomic E-state index is 0.0287. The molecule has 2 N–H and O–H groups in total. The summed E-state index contributed by atoms with van der Waals surface area (Å²) < 4.78 is 68.8. The van der Waals surface area contributed by atoms with Gasteiger partial charge < -0.3 is 8.37 Å². The van der Waals surface area contributed by atoms with Crippen LogP contribution in [0.2, 0.25) is 0 Å². The van der Waals surface area contributed by atoms with Crippen molar-refractivity contribution in [3.8, 4) is 11.5 Å². The maximum absolute atomic E-state index is 10.7. The van der Waals surface area contributed by atoms with Crippen molar-refractivity contribution in [3.63, 3.8) is 0 Å². The van der Waals surface area contributed by atoms with Crippen molar-refractivity contribution >= 4 is 20.8 Å². The summed E-state index contributed by atoms with van der Waals surface area (Å²) in [7, 11) is -9.16. The van der Waals surface area contributed by atoms with Gasteiger partial charge in [-0.05, 0) is 35.4 Å². The first-order valence-corrected chi connectivity index (χ1v) is 9.65. The van der Waals surface area contributed by atoms with Crippen molar-refractivity contribution in [1.29, 1.82) is 0 Å². The Morgan fingerprint density at radius 1 is 0.680 bits per heavy atom. The summed E-state index contributed by atoms with van der Waals surface area (Å²) in [4.78, 5) is 0. The maximum Gasteiger partial charge on any atom is 0.446 e. The zero-order valence-corrected chi connectivity index (χ0v) is 14.9. The number of benzene rings is 2. The highest BCUT2D eigenvalue weighted by Gasteiger charge is 2.23. The summed E-state index contributed by atoms with van der Waals surface area (Å²) in [6, 6.07) is 12.2. The molecule has 0 unspecified atom stereocenters. The Labute approximate surface area is 145 Å². The number of hydrogen-bond acceptors (Lipinski definition) is 6. The van der Waals surface area contributed by atoms with Crippen molar-refractivity contribution in [2.45, 2.75) is 19.3 Å². The van der Waals surface area contributed by atoms with Crippen LogP contribution in [0.3, 0.4) is 0 Å². The van der Waals surface area contributed by atoms with Gasteiger partial charge in [0.25, 0.3) is 0 Å². The van der Waals surface area contributed by atoms with Gasteiger partial charge >= 0.3 is 20.8 Å². The van der Waals surface area contributed by atoms with Crippen LogP contribution in [0.15, 0.2) is 48.5 Å². The lowest BCUT2D eigenvalue weighted by Crippen LogP contribution is -2.19. The van der Waals surface area contributed by atoms with Gasteiger partial charge in [-0.3, -0.25) is 9.11 Å². The molecular weight excluding hydrogens is 372 g/mol. The summed E-state index contributed by atoms with van der Waals surface area (Å²) in [6.07, 6.45) is 0. The normalized spacial score (nSPS) is 12.6. The summed E-state index contributed by atoms with van der Waals surface area (Å²) in [5, 5.41) is 0. The molecular formula is C15H16O8S2. The molecule has 2 aromatic carbocycles. The van der Waals surface area contributed by atoms with Gasteiger partial charge in [-0.2, -0.15) is 16.8 Å². The molecule has 0 radical (unpaired) electrons. The Morgan fingerprint density at radius 2 is 0.960 bits per heavy atom. The largest absolute Gasteiger partial charge is 0.446 e. The molecule has 0 bridgehead atoms. The van der Waals surface area contributed by atoms with Crippen LogP contribution in [-0.4, -0.2) is 25.9 Å². The molecule has 136 valence electrons. The second kappa shape index (κ2) is 6.64. The molecule has 0 atom stereocenters. The van der Waals surface area contributed by atoms with Gasteiger partial charge in [0.1, 0.15) is 11.5 Å². The van der Waals surface area contributed by atoms with Crippen LogP contribution >= 0.6 is 0 Å². The van der Waals surface area contributed by atoms with Gasteiger partial charge in [0, 0.05) is 5.41 Å². The van der Waals surface area contributed by atoms with E-state index in [0.29, 0.717) is 0 Å². The zero-order chi connectivity index (χ0) is 18.9. The molecule has 10 heteroatoms. The van der Waals surface area contributed by atoms with E-state index in [1.54, 1.807) is 24.3 Å². The molecule has 0 amide bonds. The first-order valence-electron chi connectivity index (χ1n) is 6.92. The average Bonchev–Trinajstić information content (AvgIpc) is 2.45. The van der Waals surface area contributed by atoms with Crippen molar-refractivity contribution < 1.29 is 34.3 Å². The van der Waals surface area contributed by atoms with Gasteiger partial charge in [0.15, 0.2) is 0 Å². The zero-order valence-electron chi connectivity index (χ0n) is 13.3. The lowest BCUT2D eigenvalue weighted by atomic mass is 9.78. The van der Waals surface area contributed by atoms with Crippen LogP contribution in [0.5, 0.6) is 11.5 Å². The van der Waals surface area contributed by atoms with E-state index < -0.39 is 26.2 Å². The second-order valence-electron chi connectivity index (χ2n) is 5.70. The van der Waals surface area contributed by atoms with Crippen LogP contribution in [-0.2, 0) is 26.2 Å². The smallest absolute Gasteiger partial charge is 0.362 e. The Hall–Kier alpha value is -2.14. The molecule has 2 aromatic rings. The minimum atomic E-state index is -4.58. The summed E-state index contributed by atoms with van der Waals surface area (Å²) >= 11 is 0. The first-order chi connectivity index (χ1) is 11.4. The molecule has 0 aromatic heterocycles. The fourth-order valence-corrected chi connectivity index (χ4v) is 2.97. The number of rotatable bonds is 6. The molecule has 0 fully saturated rings. The Morgan fingerprint density at radius 3 is 1.20 bits per heavy atom. The molecule has 0 aliphatic heterocycles. The van der Waals surface area contributed by atoms with E-state index in [1.807, 2.05) is 13.8 Å². The Bertz CT molecular complexity index is 864. The molecule has 25 heavy (non-hydrogen) atoms. The predicted octanol–water partition coefficient (Wildman–Crippen LogP) is 2.38. The summed E-state index contributed by atoms with van der Waals surface area (Å²) in [5.74, 6) is -0.0575. The van der Waals surface area contributed by atoms with Crippen LogP contribution in [0.4, 0.5) is 0 Å². The van der Waals surface area contributed by atoms with Crippen molar-refractivity contribution in [3.05, 3.63) is 59.7 Å². The topological polar surface area (TPSA) is 127 Å². The highest BCUT2D eigenvalue weighted by Crippen LogP contribution is 2.33. The third kappa shape index (κ3) is 5.43. The van der Waals surface area contributed by atoms with Crippen LogP contribution in [0.1, 0.15) is 25.0 Å². The molecule has 0 saturated heterocycles. The van der Waals surface area contributed by atoms with Crippen molar-refractivity contribution in [2.24, 2.45) is 0 Å². The van der Waals surface area contributed by atoms with Gasteiger partial charge in [-0.15, -0.1) is 0 Å². The lowest BCUT2D eigenvalue weighted by Gasteiger charge is -2.26. The van der Waals surface area contributed by atoms with E-state index in [0.717, 1.165) is 11.1 Å². The molecule has 0 spiro atoms. The fourth-order valence-electron chi connectivity index (χ4n) is 2.26. The summed E-state index contributed by atoms with van der Waals surface area (Å²) in [5.41, 5.74) is 1.13. The standard InChI is InChI=1S/C15H16O8S2/c1-15(2,11-3-7-13(8-4-11)22-24(16,17)18)12-5-9-14(10-6-12)23-25(19,20)21/h3-10H,1-2H3,(H,16,17,18)(H,19,20,21). The molecule has 2 rings (SSSR count). The van der Waals surface area contributed by atoms with E-state index in [2.05, 4.69) is 8.37 Å². The van der Waals surface area contributed by atoms with Gasteiger partial charge in [-0.25, -0.2) is 0 Å². The molecule has 0 heterocycles. The van der Waals surface area contributed by atoms with Crippen molar-refractivity contribution in [1.82, 2.24) is 0 Å². The second-order valence-corrected chi connectivity index (χ2v) is 7.74. The quantitative estimate of drug-likeness (QED) is 0.722. The Balaban J connectivity index is 2.25. The van der Waals surface area contributed by atoms with Gasteiger partial charge in [0.2, 0.25) is 0 Å². The van der Waals surface area contributed by atoms with Crippen LogP contribution < -0.4 is 8.37 Å². The van der Waals surface area contributed by atoms with E-state index >= 15 is 0 Å². The van der Waals surface area contributed by atoms with Crippen LogP contribution in [0, 0.1) is 0 Å². The fraction of sp³-hybridized carbons (Fsp3) is 0.200. The SMILES string of the molecule is CC(C)(c1ccc(OS(=O)(=O)O)cc1)c1ccc(OS(=O)(=O)O)cc1. The van der Waals surface area contributed by atoms with E-state index in [1.165, 1.54) is 24.3 Å². The Kier molecular flexibility index (Phi) is 5.09. The highest BCUT2D eigenvalue weighted by atomic mass is 32.3. The highest BCUT2D eigenvalue weighted by molar-refractivity contribution is 7.81. The lowest BCUT2D eigenvalue weighted by molar-refractivity contribution is 0.384. The third-order valence-corrected chi connectivity index (χ3v) is 4.36. The molecule has 0 aliphatic carbocycles. The van der Waals surface area contributed by atoms with E-state index in [4.69, 9.17) is 9.11 Å². The minimum Gasteiger partial charge on any atom is -0.362 e. The van der Waals surface area contributed by atoms with Crippen LogP contribution in [0.25, 0.3) is 0 Å². The molecule has 0 saturated carbocycles. The van der Waals surface area contributed by atoms with E-state index in [-0.39, 0.29) is 11.5 Å².